The van der Waals surface area contributed by atoms with Crippen molar-refractivity contribution in [2.75, 3.05) is 11.4 Å². The number of carboxylic acids is 1. The number of aliphatic hydroxyl groups is 1. The number of carbonyl (C=O) groups is 2. The Morgan fingerprint density at radius 2 is 2.31 bits per heavy atom. The Balaban J connectivity index is 2.40. The molecule has 2 N–H and O–H groups in total. The van der Waals surface area contributed by atoms with Crippen LogP contribution < -0.4 is 4.90 Å². The average Bonchev–Trinajstić information content (AvgIpc) is 2.57. The summed E-state index contributed by atoms with van der Waals surface area (Å²) in [4.78, 5) is 27.5. The fraction of sp³-hybridized carbons (Fsp3) is 0.300. The lowest BCUT2D eigenvalue weighted by Crippen LogP contribution is -2.27. The highest BCUT2D eigenvalue weighted by molar-refractivity contribution is 6.03. The van der Waals surface area contributed by atoms with Crippen molar-refractivity contribution < 1.29 is 19.8 Å². The van der Waals surface area contributed by atoms with Crippen molar-refractivity contribution in [1.29, 1.82) is 0 Å². The lowest BCUT2D eigenvalue weighted by atomic mass is 10.2. The molecule has 6 nitrogen and oxygen atoms in total. The lowest BCUT2D eigenvalue weighted by molar-refractivity contribution is -0.117. The van der Waals surface area contributed by atoms with E-state index < -0.39 is 12.1 Å². The molecule has 0 spiro atoms. The number of hydrogen-bond donors (Lipinski definition) is 2. The van der Waals surface area contributed by atoms with Gasteiger partial charge in [0.1, 0.15) is 0 Å². The average molecular weight is 222 g/mol. The van der Waals surface area contributed by atoms with Crippen LogP contribution in [0.4, 0.5) is 5.69 Å². The van der Waals surface area contributed by atoms with Crippen LogP contribution in [0.5, 0.6) is 0 Å². The maximum Gasteiger partial charge on any atom is 0.337 e. The van der Waals surface area contributed by atoms with Crippen molar-refractivity contribution in [3.8, 4) is 0 Å². The fourth-order valence-corrected chi connectivity index (χ4v) is 1.70. The number of aromatic carboxylic acids is 1. The second kappa shape index (κ2) is 3.90. The summed E-state index contributed by atoms with van der Waals surface area (Å²) < 4.78 is 0. The van der Waals surface area contributed by atoms with E-state index in [-0.39, 0.29) is 30.1 Å². The van der Waals surface area contributed by atoms with Crippen LogP contribution in [0.15, 0.2) is 18.5 Å². The van der Waals surface area contributed by atoms with Crippen molar-refractivity contribution in [2.45, 2.75) is 12.5 Å². The minimum atomic E-state index is -1.12. The quantitative estimate of drug-likeness (QED) is 0.727. The van der Waals surface area contributed by atoms with Gasteiger partial charge >= 0.3 is 5.97 Å². The highest BCUT2D eigenvalue weighted by Crippen LogP contribution is 2.24. The molecule has 0 aromatic carbocycles. The predicted molar refractivity (Wildman–Crippen MR) is 54.2 cm³/mol. The van der Waals surface area contributed by atoms with E-state index in [1.165, 1.54) is 23.4 Å². The second-order valence-electron chi connectivity index (χ2n) is 3.56. The number of aromatic nitrogens is 1. The van der Waals surface area contributed by atoms with Gasteiger partial charge < -0.3 is 15.1 Å². The van der Waals surface area contributed by atoms with Crippen molar-refractivity contribution in [2.24, 2.45) is 0 Å². The standard InChI is InChI=1S/C10H10N2O4/c13-6-3-9(14)12(5-6)8-4-11-2-1-7(8)10(15)16/h1-2,4,6,13H,3,5H2,(H,15,16). The van der Waals surface area contributed by atoms with Crippen LogP contribution in [-0.2, 0) is 4.79 Å². The molecule has 0 aliphatic carbocycles. The molecule has 6 heteroatoms. The summed E-state index contributed by atoms with van der Waals surface area (Å²) in [5.74, 6) is -1.41. The second-order valence-corrected chi connectivity index (χ2v) is 3.56. The lowest BCUT2D eigenvalue weighted by Gasteiger charge is -2.17. The SMILES string of the molecule is O=C(O)c1ccncc1N1CC(O)CC1=O. The minimum absolute atomic E-state index is 0.0115. The predicted octanol–water partition coefficient (Wildman–Crippen LogP) is -0.123. The third-order valence-electron chi connectivity index (χ3n) is 2.43. The van der Waals surface area contributed by atoms with Crippen LogP contribution in [0.25, 0.3) is 0 Å². The largest absolute Gasteiger partial charge is 0.478 e. The topological polar surface area (TPSA) is 90.7 Å². The zero-order chi connectivity index (χ0) is 11.7. The van der Waals surface area contributed by atoms with Crippen LogP contribution in [-0.4, -0.2) is 39.7 Å². The molecule has 2 heterocycles. The molecule has 1 aromatic rings. The van der Waals surface area contributed by atoms with Crippen LogP contribution in [0.1, 0.15) is 16.8 Å². The van der Waals surface area contributed by atoms with E-state index in [0.717, 1.165) is 0 Å². The summed E-state index contributed by atoms with van der Waals surface area (Å²) >= 11 is 0. The Kier molecular flexibility index (Phi) is 2.57. The molecule has 0 radical (unpaired) electrons. The van der Waals surface area contributed by atoms with Gasteiger partial charge in [-0.25, -0.2) is 4.79 Å². The highest BCUT2D eigenvalue weighted by Gasteiger charge is 2.31. The summed E-state index contributed by atoms with van der Waals surface area (Å²) in [5.41, 5.74) is 0.244. The van der Waals surface area contributed by atoms with E-state index in [1.807, 2.05) is 0 Å². The molecule has 1 aromatic heterocycles. The maximum absolute atomic E-state index is 11.5. The van der Waals surface area contributed by atoms with E-state index in [2.05, 4.69) is 4.98 Å². The van der Waals surface area contributed by atoms with E-state index >= 15 is 0 Å². The van der Waals surface area contributed by atoms with Gasteiger partial charge in [0.05, 0.1) is 36.5 Å². The Labute approximate surface area is 91.1 Å². The van der Waals surface area contributed by atoms with Crippen LogP contribution in [0.3, 0.4) is 0 Å². The van der Waals surface area contributed by atoms with Gasteiger partial charge in [0, 0.05) is 6.20 Å². The number of amides is 1. The molecule has 1 saturated heterocycles. The molecule has 1 aliphatic rings. The Morgan fingerprint density at radius 1 is 1.56 bits per heavy atom. The van der Waals surface area contributed by atoms with Crippen LogP contribution in [0, 0.1) is 0 Å². The third kappa shape index (κ3) is 1.74. The molecule has 2 rings (SSSR count). The molecule has 16 heavy (non-hydrogen) atoms. The first-order valence-electron chi connectivity index (χ1n) is 4.75. The van der Waals surface area contributed by atoms with Crippen molar-refractivity contribution in [3.63, 3.8) is 0 Å². The Hall–Kier alpha value is -1.95. The first-order chi connectivity index (χ1) is 7.59. The number of rotatable bonds is 2. The smallest absolute Gasteiger partial charge is 0.337 e. The highest BCUT2D eigenvalue weighted by atomic mass is 16.4. The molecule has 1 atom stereocenters. The number of anilines is 1. The van der Waals surface area contributed by atoms with Gasteiger partial charge in [0.25, 0.3) is 0 Å². The fourth-order valence-electron chi connectivity index (χ4n) is 1.70. The molecule has 0 bridgehead atoms. The molecule has 1 fully saturated rings. The molecular weight excluding hydrogens is 212 g/mol. The maximum atomic E-state index is 11.5. The molecule has 1 aliphatic heterocycles. The molecular formula is C10H10N2O4. The number of carboxylic acid groups (broad SMARTS) is 1. The van der Waals surface area contributed by atoms with Gasteiger partial charge in [-0.2, -0.15) is 0 Å². The molecule has 1 unspecified atom stereocenters. The van der Waals surface area contributed by atoms with Crippen molar-refractivity contribution in [1.82, 2.24) is 4.98 Å². The van der Waals surface area contributed by atoms with Crippen molar-refractivity contribution >= 4 is 17.6 Å². The first kappa shape index (κ1) is 10.6. The van der Waals surface area contributed by atoms with Gasteiger partial charge in [-0.1, -0.05) is 0 Å². The normalized spacial score (nSPS) is 20.2. The van der Waals surface area contributed by atoms with E-state index in [9.17, 15) is 14.7 Å². The minimum Gasteiger partial charge on any atom is -0.478 e. The summed E-state index contributed by atoms with van der Waals surface area (Å²) in [7, 11) is 0. The third-order valence-corrected chi connectivity index (χ3v) is 2.43. The van der Waals surface area contributed by atoms with E-state index in [0.29, 0.717) is 0 Å². The number of carbonyl (C=O) groups excluding carboxylic acids is 1. The zero-order valence-corrected chi connectivity index (χ0v) is 8.33. The number of hydrogen-bond acceptors (Lipinski definition) is 4. The van der Waals surface area contributed by atoms with E-state index in [4.69, 9.17) is 5.11 Å². The number of aliphatic hydroxyl groups excluding tert-OH is 1. The summed E-state index contributed by atoms with van der Waals surface area (Å²) in [6.45, 7) is 0.116. The van der Waals surface area contributed by atoms with Gasteiger partial charge in [0.2, 0.25) is 5.91 Å². The number of nitrogens with zero attached hydrogens (tertiary/aromatic N) is 2. The number of pyridine rings is 1. The monoisotopic (exact) mass is 222 g/mol. The van der Waals surface area contributed by atoms with Crippen LogP contribution >= 0.6 is 0 Å². The van der Waals surface area contributed by atoms with Gasteiger partial charge in [0.15, 0.2) is 0 Å². The molecule has 84 valence electrons. The Morgan fingerprint density at radius 3 is 2.88 bits per heavy atom. The Bertz CT molecular complexity index is 446. The number of β-amino-alcohol motifs (C(OH)–C–C–N with tert-alkyl or cyclic N) is 1. The summed E-state index contributed by atoms with van der Waals surface area (Å²) in [5, 5.41) is 18.3. The summed E-state index contributed by atoms with van der Waals surface area (Å²) in [6, 6.07) is 1.33. The van der Waals surface area contributed by atoms with E-state index in [1.54, 1.807) is 0 Å². The zero-order valence-electron chi connectivity index (χ0n) is 8.33. The van der Waals surface area contributed by atoms with Gasteiger partial charge in [-0.3, -0.25) is 9.78 Å². The first-order valence-corrected chi connectivity index (χ1v) is 4.75. The van der Waals surface area contributed by atoms with Gasteiger partial charge in [-0.05, 0) is 6.07 Å². The molecule has 1 amide bonds. The molecule has 0 saturated carbocycles. The van der Waals surface area contributed by atoms with Gasteiger partial charge in [-0.15, -0.1) is 0 Å². The van der Waals surface area contributed by atoms with Crippen LogP contribution in [0.2, 0.25) is 0 Å². The van der Waals surface area contributed by atoms with Crippen molar-refractivity contribution in [3.05, 3.63) is 24.0 Å². The summed E-state index contributed by atoms with van der Waals surface area (Å²) in [6.07, 6.45) is 1.95.